The lowest BCUT2D eigenvalue weighted by atomic mass is 10.2. The van der Waals surface area contributed by atoms with Crippen LogP contribution in [0.4, 0.5) is 11.5 Å². The molecule has 0 saturated carbocycles. The van der Waals surface area contributed by atoms with Crippen molar-refractivity contribution >= 4 is 49.3 Å². The van der Waals surface area contributed by atoms with Gasteiger partial charge in [-0.15, -0.1) is 0 Å². The van der Waals surface area contributed by atoms with Crippen LogP contribution < -0.4 is 10.6 Å². The topological polar surface area (TPSA) is 77.8 Å². The quantitative estimate of drug-likeness (QED) is 0.576. The zero-order valence-corrected chi connectivity index (χ0v) is 14.3. The Hall–Kier alpha value is -2.17. The average Bonchev–Trinajstić information content (AvgIpc) is 2.50. The molecule has 2 rings (SSSR count). The number of pyridine rings is 1. The van der Waals surface area contributed by atoms with E-state index in [4.69, 9.17) is 5.26 Å². The molecule has 7 heteroatoms. The Bertz CT molecular complexity index is 751. The Balaban J connectivity index is 2.07. The lowest BCUT2D eigenvalue weighted by Crippen LogP contribution is -2.14. The van der Waals surface area contributed by atoms with Crippen molar-refractivity contribution in [3.63, 3.8) is 0 Å². The van der Waals surface area contributed by atoms with E-state index in [1.807, 2.05) is 6.07 Å². The molecule has 22 heavy (non-hydrogen) atoms. The fourth-order valence-corrected chi connectivity index (χ4v) is 2.11. The highest BCUT2D eigenvalue weighted by Crippen LogP contribution is 2.15. The van der Waals surface area contributed by atoms with Gasteiger partial charge >= 0.3 is 0 Å². The summed E-state index contributed by atoms with van der Waals surface area (Å²) >= 11 is 6.63. The minimum absolute atomic E-state index is 0.0512. The average molecular weight is 422 g/mol. The van der Waals surface area contributed by atoms with Crippen LogP contribution in [-0.2, 0) is 4.79 Å². The SMILES string of the molecule is N#C/C(=C/Nc1cc(Br)ccn1)C(=O)Nc1ccc(Br)cc1. The summed E-state index contributed by atoms with van der Waals surface area (Å²) in [5, 5.41) is 14.6. The molecular weight excluding hydrogens is 412 g/mol. The number of carbonyl (C=O) groups excluding carboxylic acids is 1. The molecule has 0 fully saturated rings. The summed E-state index contributed by atoms with van der Waals surface area (Å²) in [5.74, 6) is 0.0332. The van der Waals surface area contributed by atoms with Gasteiger partial charge in [0, 0.05) is 27.0 Å². The van der Waals surface area contributed by atoms with E-state index in [9.17, 15) is 4.79 Å². The maximum Gasteiger partial charge on any atom is 0.267 e. The van der Waals surface area contributed by atoms with Crippen molar-refractivity contribution in [3.05, 3.63) is 63.3 Å². The van der Waals surface area contributed by atoms with Gasteiger partial charge in [-0.3, -0.25) is 4.79 Å². The molecule has 0 radical (unpaired) electrons. The number of nitrogens with zero attached hydrogens (tertiary/aromatic N) is 2. The van der Waals surface area contributed by atoms with Crippen LogP contribution in [0.3, 0.4) is 0 Å². The Morgan fingerprint density at radius 3 is 2.55 bits per heavy atom. The van der Waals surface area contributed by atoms with E-state index in [1.165, 1.54) is 6.20 Å². The van der Waals surface area contributed by atoms with Gasteiger partial charge in [-0.05, 0) is 36.4 Å². The first-order valence-corrected chi connectivity index (χ1v) is 7.72. The fraction of sp³-hybridized carbons (Fsp3) is 0. The molecule has 1 aromatic carbocycles. The first-order chi connectivity index (χ1) is 10.6. The van der Waals surface area contributed by atoms with Gasteiger partial charge in [-0.1, -0.05) is 31.9 Å². The summed E-state index contributed by atoms with van der Waals surface area (Å²) < 4.78 is 1.75. The van der Waals surface area contributed by atoms with Crippen molar-refractivity contribution in [1.82, 2.24) is 4.98 Å². The van der Waals surface area contributed by atoms with E-state index < -0.39 is 5.91 Å². The molecular formula is C15H10Br2N4O. The molecule has 0 unspecified atom stereocenters. The van der Waals surface area contributed by atoms with Gasteiger partial charge in [-0.25, -0.2) is 4.98 Å². The standard InChI is InChI=1S/C15H10Br2N4O/c16-11-1-3-13(4-2-11)21-15(22)10(8-18)9-20-14-7-12(17)5-6-19-14/h1-7,9H,(H,19,20)(H,21,22)/b10-9-. The Kier molecular flexibility index (Phi) is 5.69. The molecule has 0 aliphatic rings. The summed E-state index contributed by atoms with van der Waals surface area (Å²) in [7, 11) is 0. The highest BCUT2D eigenvalue weighted by molar-refractivity contribution is 9.10. The maximum absolute atomic E-state index is 12.0. The van der Waals surface area contributed by atoms with Gasteiger partial charge in [0.15, 0.2) is 0 Å². The minimum atomic E-state index is -0.493. The number of rotatable bonds is 4. The Labute approximate surface area is 144 Å². The normalized spacial score (nSPS) is 10.7. The predicted octanol–water partition coefficient (Wildman–Crippen LogP) is 4.06. The van der Waals surface area contributed by atoms with Crippen molar-refractivity contribution < 1.29 is 4.79 Å². The maximum atomic E-state index is 12.0. The van der Waals surface area contributed by atoms with Crippen molar-refractivity contribution in [2.45, 2.75) is 0 Å². The molecule has 5 nitrogen and oxygen atoms in total. The summed E-state index contributed by atoms with van der Waals surface area (Å²) in [4.78, 5) is 16.1. The number of carbonyl (C=O) groups is 1. The highest BCUT2D eigenvalue weighted by atomic mass is 79.9. The zero-order chi connectivity index (χ0) is 15.9. The van der Waals surface area contributed by atoms with Crippen LogP contribution in [-0.4, -0.2) is 10.9 Å². The number of hydrogen-bond donors (Lipinski definition) is 2. The molecule has 0 bridgehead atoms. The van der Waals surface area contributed by atoms with Gasteiger partial charge in [-0.2, -0.15) is 5.26 Å². The third kappa shape index (κ3) is 4.69. The molecule has 1 amide bonds. The minimum Gasteiger partial charge on any atom is -0.345 e. The third-order valence-corrected chi connectivity index (χ3v) is 3.58. The second-order valence-electron chi connectivity index (χ2n) is 4.13. The number of hydrogen-bond acceptors (Lipinski definition) is 4. The number of nitriles is 1. The van der Waals surface area contributed by atoms with Crippen LogP contribution in [0, 0.1) is 11.3 Å². The Morgan fingerprint density at radius 2 is 1.91 bits per heavy atom. The molecule has 110 valence electrons. The fourth-order valence-electron chi connectivity index (χ4n) is 1.51. The van der Waals surface area contributed by atoms with E-state index >= 15 is 0 Å². The van der Waals surface area contributed by atoms with Gasteiger partial charge < -0.3 is 10.6 Å². The van der Waals surface area contributed by atoms with E-state index in [1.54, 1.807) is 42.6 Å². The first-order valence-electron chi connectivity index (χ1n) is 6.14. The summed E-state index contributed by atoms with van der Waals surface area (Å²) in [6.07, 6.45) is 2.93. The molecule has 0 aliphatic heterocycles. The van der Waals surface area contributed by atoms with Crippen LogP contribution in [0.25, 0.3) is 0 Å². The highest BCUT2D eigenvalue weighted by Gasteiger charge is 2.09. The second kappa shape index (κ2) is 7.73. The molecule has 2 N–H and O–H groups in total. The van der Waals surface area contributed by atoms with Gasteiger partial charge in [0.25, 0.3) is 5.91 Å². The van der Waals surface area contributed by atoms with Crippen molar-refractivity contribution in [2.75, 3.05) is 10.6 Å². The van der Waals surface area contributed by atoms with Crippen LogP contribution in [0.15, 0.2) is 63.3 Å². The molecule has 0 aliphatic carbocycles. The molecule has 1 aromatic heterocycles. The largest absolute Gasteiger partial charge is 0.345 e. The van der Waals surface area contributed by atoms with E-state index in [-0.39, 0.29) is 5.57 Å². The number of anilines is 2. The number of halogens is 2. The lowest BCUT2D eigenvalue weighted by Gasteiger charge is -2.05. The third-order valence-electron chi connectivity index (χ3n) is 2.55. The number of nitrogens with one attached hydrogen (secondary N) is 2. The van der Waals surface area contributed by atoms with Gasteiger partial charge in [0.2, 0.25) is 0 Å². The predicted molar refractivity (Wildman–Crippen MR) is 92.0 cm³/mol. The molecule has 1 heterocycles. The van der Waals surface area contributed by atoms with Crippen LogP contribution in [0.2, 0.25) is 0 Å². The first kappa shape index (κ1) is 16.2. The van der Waals surface area contributed by atoms with Gasteiger partial charge in [0.05, 0.1) is 0 Å². The smallest absolute Gasteiger partial charge is 0.267 e. The Morgan fingerprint density at radius 1 is 1.18 bits per heavy atom. The van der Waals surface area contributed by atoms with Crippen molar-refractivity contribution in [1.29, 1.82) is 5.26 Å². The number of amides is 1. The number of benzene rings is 1. The lowest BCUT2D eigenvalue weighted by molar-refractivity contribution is -0.112. The molecule has 2 aromatic rings. The molecule has 0 atom stereocenters. The monoisotopic (exact) mass is 420 g/mol. The van der Waals surface area contributed by atoms with Gasteiger partial charge in [0.1, 0.15) is 17.5 Å². The van der Waals surface area contributed by atoms with Crippen LogP contribution in [0.1, 0.15) is 0 Å². The zero-order valence-electron chi connectivity index (χ0n) is 11.2. The number of aromatic nitrogens is 1. The van der Waals surface area contributed by atoms with E-state index in [2.05, 4.69) is 47.5 Å². The van der Waals surface area contributed by atoms with Crippen LogP contribution in [0.5, 0.6) is 0 Å². The summed E-state index contributed by atoms with van der Waals surface area (Å²) in [6.45, 7) is 0. The second-order valence-corrected chi connectivity index (χ2v) is 5.97. The molecule has 0 saturated heterocycles. The van der Waals surface area contributed by atoms with E-state index in [0.29, 0.717) is 11.5 Å². The van der Waals surface area contributed by atoms with Crippen LogP contribution >= 0.6 is 31.9 Å². The summed E-state index contributed by atoms with van der Waals surface area (Å²) in [5.41, 5.74) is 0.555. The van der Waals surface area contributed by atoms with Crippen molar-refractivity contribution in [3.8, 4) is 6.07 Å². The molecule has 0 spiro atoms. The van der Waals surface area contributed by atoms with Crippen molar-refractivity contribution in [2.24, 2.45) is 0 Å². The summed E-state index contributed by atoms with van der Waals surface area (Å²) in [6, 6.07) is 12.4. The van der Waals surface area contributed by atoms with E-state index in [0.717, 1.165) is 8.95 Å².